The van der Waals surface area contributed by atoms with Crippen LogP contribution in [-0.4, -0.2) is 12.9 Å². The molecule has 0 heterocycles. The maximum atomic E-state index is 6.38. The average Bonchev–Trinajstić information content (AvgIpc) is 2.54. The molecule has 124 valence electrons. The molecule has 0 radical (unpaired) electrons. The van der Waals surface area contributed by atoms with Crippen LogP contribution in [0.2, 0.25) is 0 Å². The Balaban J connectivity index is 1.56. The SMILES string of the molecule is C=Cc1ccc(OC(OCC)C23CC4CC(CC(C4)C2)C3)cc1. The highest BCUT2D eigenvalue weighted by Gasteiger charge is 2.55. The van der Waals surface area contributed by atoms with Gasteiger partial charge in [-0.3, -0.25) is 0 Å². The van der Waals surface area contributed by atoms with Gasteiger partial charge < -0.3 is 9.47 Å². The summed E-state index contributed by atoms with van der Waals surface area (Å²) in [6.07, 6.45) is 10.0. The minimum atomic E-state index is -0.0875. The van der Waals surface area contributed by atoms with E-state index in [1.807, 2.05) is 18.2 Å². The van der Waals surface area contributed by atoms with Gasteiger partial charge in [0.05, 0.1) is 0 Å². The Bertz CT molecular complexity index is 524. The Morgan fingerprint density at radius 1 is 1.09 bits per heavy atom. The van der Waals surface area contributed by atoms with Gasteiger partial charge in [0, 0.05) is 12.0 Å². The molecule has 4 bridgehead atoms. The number of rotatable bonds is 6. The van der Waals surface area contributed by atoms with E-state index >= 15 is 0 Å². The predicted octanol–water partition coefficient (Wildman–Crippen LogP) is 5.29. The molecule has 0 saturated heterocycles. The Hall–Kier alpha value is -1.28. The van der Waals surface area contributed by atoms with Crippen LogP contribution in [0.4, 0.5) is 0 Å². The first kappa shape index (κ1) is 15.3. The van der Waals surface area contributed by atoms with Crippen molar-refractivity contribution in [3.63, 3.8) is 0 Å². The number of ether oxygens (including phenoxy) is 2. The predicted molar refractivity (Wildman–Crippen MR) is 93.2 cm³/mol. The summed E-state index contributed by atoms with van der Waals surface area (Å²) in [6.45, 7) is 6.61. The van der Waals surface area contributed by atoms with E-state index < -0.39 is 0 Å². The average molecular weight is 312 g/mol. The Labute approximate surface area is 139 Å². The van der Waals surface area contributed by atoms with Crippen molar-refractivity contribution in [3.05, 3.63) is 36.4 Å². The minimum Gasteiger partial charge on any atom is -0.464 e. The molecule has 4 saturated carbocycles. The second kappa shape index (κ2) is 5.98. The second-order valence-electron chi connectivity index (χ2n) is 7.96. The van der Waals surface area contributed by atoms with Crippen molar-refractivity contribution in [2.24, 2.45) is 23.2 Å². The molecule has 0 amide bonds. The normalized spacial score (nSPS) is 36.0. The maximum absolute atomic E-state index is 6.38. The first-order chi connectivity index (χ1) is 11.2. The van der Waals surface area contributed by atoms with Gasteiger partial charge in [0.15, 0.2) is 0 Å². The van der Waals surface area contributed by atoms with E-state index in [4.69, 9.17) is 9.47 Å². The smallest absolute Gasteiger partial charge is 0.205 e. The molecule has 1 unspecified atom stereocenters. The van der Waals surface area contributed by atoms with Gasteiger partial charge in [-0.2, -0.15) is 0 Å². The summed E-state index contributed by atoms with van der Waals surface area (Å²) < 4.78 is 12.5. The number of hydrogen-bond acceptors (Lipinski definition) is 2. The van der Waals surface area contributed by atoms with Crippen LogP contribution in [0.3, 0.4) is 0 Å². The molecular formula is C21H28O2. The van der Waals surface area contributed by atoms with E-state index in [0.29, 0.717) is 0 Å². The zero-order valence-electron chi connectivity index (χ0n) is 14.2. The van der Waals surface area contributed by atoms with Gasteiger partial charge >= 0.3 is 0 Å². The fraction of sp³-hybridized carbons (Fsp3) is 0.619. The van der Waals surface area contributed by atoms with Crippen LogP contribution < -0.4 is 4.74 Å². The first-order valence-electron chi connectivity index (χ1n) is 9.21. The molecule has 0 aromatic heterocycles. The molecule has 0 aliphatic heterocycles. The van der Waals surface area contributed by atoms with Crippen molar-refractivity contribution in [1.29, 1.82) is 0 Å². The van der Waals surface area contributed by atoms with Crippen molar-refractivity contribution < 1.29 is 9.47 Å². The molecule has 2 nitrogen and oxygen atoms in total. The van der Waals surface area contributed by atoms with Crippen molar-refractivity contribution >= 4 is 6.08 Å². The molecule has 0 N–H and O–H groups in total. The van der Waals surface area contributed by atoms with Crippen molar-refractivity contribution in [1.82, 2.24) is 0 Å². The van der Waals surface area contributed by atoms with Gasteiger partial charge in [-0.25, -0.2) is 0 Å². The highest BCUT2D eigenvalue weighted by molar-refractivity contribution is 5.48. The lowest BCUT2D eigenvalue weighted by molar-refractivity contribution is -0.213. The molecular weight excluding hydrogens is 284 g/mol. The minimum absolute atomic E-state index is 0.0875. The van der Waals surface area contributed by atoms with Crippen LogP contribution in [-0.2, 0) is 4.74 Å². The molecule has 2 heteroatoms. The van der Waals surface area contributed by atoms with Gasteiger partial charge in [0.1, 0.15) is 5.75 Å². The molecule has 4 aliphatic carbocycles. The van der Waals surface area contributed by atoms with Crippen molar-refractivity contribution in [2.75, 3.05) is 6.61 Å². The van der Waals surface area contributed by atoms with Gasteiger partial charge in [-0.1, -0.05) is 24.8 Å². The third-order valence-corrected chi connectivity index (χ3v) is 6.26. The van der Waals surface area contributed by atoms with Gasteiger partial charge in [-0.05, 0) is 80.9 Å². The summed E-state index contributed by atoms with van der Waals surface area (Å²) in [6, 6.07) is 8.21. The quantitative estimate of drug-likeness (QED) is 0.665. The lowest BCUT2D eigenvalue weighted by atomic mass is 9.49. The zero-order chi connectivity index (χ0) is 15.9. The molecule has 23 heavy (non-hydrogen) atoms. The standard InChI is InChI=1S/C21H28O2/c1-3-15-5-7-19(8-6-15)23-20(22-4-2)21-12-16-9-17(13-21)11-18(10-16)14-21/h3,5-8,16-18,20H,1,4,9-14H2,2H3. The first-order valence-corrected chi connectivity index (χ1v) is 9.21. The molecule has 4 fully saturated rings. The molecule has 1 aromatic carbocycles. The second-order valence-corrected chi connectivity index (χ2v) is 7.96. The van der Waals surface area contributed by atoms with E-state index in [2.05, 4.69) is 25.6 Å². The number of hydrogen-bond donors (Lipinski definition) is 0. The maximum Gasteiger partial charge on any atom is 0.205 e. The summed E-state index contributed by atoms with van der Waals surface area (Å²) in [5.74, 6) is 3.66. The largest absolute Gasteiger partial charge is 0.464 e. The third kappa shape index (κ3) is 2.82. The molecule has 4 aliphatic rings. The Morgan fingerprint density at radius 2 is 1.65 bits per heavy atom. The zero-order valence-corrected chi connectivity index (χ0v) is 14.2. The Kier molecular flexibility index (Phi) is 3.96. The van der Waals surface area contributed by atoms with Crippen LogP contribution in [0.1, 0.15) is 51.0 Å². The van der Waals surface area contributed by atoms with E-state index in [0.717, 1.165) is 35.7 Å². The van der Waals surface area contributed by atoms with Crippen LogP contribution in [0.5, 0.6) is 5.75 Å². The van der Waals surface area contributed by atoms with Crippen LogP contribution in [0.25, 0.3) is 6.08 Å². The van der Waals surface area contributed by atoms with Crippen molar-refractivity contribution in [2.45, 2.75) is 51.7 Å². The molecule has 0 spiro atoms. The summed E-state index contributed by atoms with van der Waals surface area (Å²) in [7, 11) is 0. The highest BCUT2D eigenvalue weighted by Crippen LogP contribution is 2.61. The highest BCUT2D eigenvalue weighted by atomic mass is 16.7. The number of benzene rings is 1. The van der Waals surface area contributed by atoms with Crippen molar-refractivity contribution in [3.8, 4) is 5.75 Å². The fourth-order valence-corrected chi connectivity index (χ4v) is 5.76. The lowest BCUT2D eigenvalue weighted by Gasteiger charge is -2.58. The van der Waals surface area contributed by atoms with Crippen LogP contribution in [0.15, 0.2) is 30.8 Å². The van der Waals surface area contributed by atoms with Crippen LogP contribution in [0, 0.1) is 23.2 Å². The topological polar surface area (TPSA) is 18.5 Å². The molecule has 5 rings (SSSR count). The summed E-state index contributed by atoms with van der Waals surface area (Å²) in [4.78, 5) is 0. The van der Waals surface area contributed by atoms with Gasteiger partial charge in [0.2, 0.25) is 6.29 Å². The monoisotopic (exact) mass is 312 g/mol. The fourth-order valence-electron chi connectivity index (χ4n) is 5.76. The summed E-state index contributed by atoms with van der Waals surface area (Å²) in [5, 5.41) is 0. The van der Waals surface area contributed by atoms with E-state index in [1.54, 1.807) is 0 Å². The summed E-state index contributed by atoms with van der Waals surface area (Å²) in [5.41, 5.74) is 1.38. The van der Waals surface area contributed by atoms with E-state index in [-0.39, 0.29) is 11.7 Å². The Morgan fingerprint density at radius 3 is 2.13 bits per heavy atom. The third-order valence-electron chi connectivity index (χ3n) is 6.26. The molecule has 1 aromatic rings. The van der Waals surface area contributed by atoms with Gasteiger partial charge in [0.25, 0.3) is 0 Å². The lowest BCUT2D eigenvalue weighted by Crippen LogP contribution is -2.54. The van der Waals surface area contributed by atoms with Crippen LogP contribution >= 0.6 is 0 Å². The van der Waals surface area contributed by atoms with Gasteiger partial charge in [-0.15, -0.1) is 0 Å². The summed E-state index contributed by atoms with van der Waals surface area (Å²) >= 11 is 0. The van der Waals surface area contributed by atoms with E-state index in [1.165, 1.54) is 38.5 Å². The molecule has 1 atom stereocenters. The van der Waals surface area contributed by atoms with E-state index in [9.17, 15) is 0 Å².